The molecule has 0 aliphatic heterocycles. The average Bonchev–Trinajstić information content (AvgIpc) is 2.91. The van der Waals surface area contributed by atoms with Gasteiger partial charge in [-0.3, -0.25) is 14.9 Å². The summed E-state index contributed by atoms with van der Waals surface area (Å²) in [6.45, 7) is 3.49. The molecule has 0 atom stereocenters. The summed E-state index contributed by atoms with van der Waals surface area (Å²) in [7, 11) is 1.27. The first-order valence-electron chi connectivity index (χ1n) is 7.24. The number of aromatic amines is 1. The van der Waals surface area contributed by atoms with Gasteiger partial charge in [-0.15, -0.1) is 0 Å². The molecule has 8 nitrogen and oxygen atoms in total. The van der Waals surface area contributed by atoms with Crippen LogP contribution in [0.25, 0.3) is 0 Å². The first kappa shape index (κ1) is 17.2. The molecule has 2 aromatic rings. The van der Waals surface area contributed by atoms with Crippen molar-refractivity contribution in [2.45, 2.75) is 20.3 Å². The fourth-order valence-corrected chi connectivity index (χ4v) is 2.42. The van der Waals surface area contributed by atoms with Crippen molar-refractivity contribution in [2.75, 3.05) is 12.4 Å². The van der Waals surface area contributed by atoms with E-state index < -0.39 is 16.8 Å². The molecule has 24 heavy (non-hydrogen) atoms. The van der Waals surface area contributed by atoms with Gasteiger partial charge in [-0.25, -0.2) is 4.79 Å². The molecular weight excluding hydrogens is 314 g/mol. The lowest BCUT2D eigenvalue weighted by Gasteiger charge is -2.05. The van der Waals surface area contributed by atoms with Crippen LogP contribution in [0.15, 0.2) is 24.3 Å². The minimum Gasteiger partial charge on any atom is -0.465 e. The van der Waals surface area contributed by atoms with E-state index in [0.717, 1.165) is 0 Å². The molecule has 1 aromatic heterocycles. The van der Waals surface area contributed by atoms with Crippen LogP contribution in [0.5, 0.6) is 0 Å². The van der Waals surface area contributed by atoms with Crippen molar-refractivity contribution < 1.29 is 19.2 Å². The van der Waals surface area contributed by atoms with Crippen LogP contribution < -0.4 is 5.32 Å². The largest absolute Gasteiger partial charge is 0.465 e. The number of benzene rings is 1. The number of nitrogens with one attached hydrogen (secondary N) is 2. The van der Waals surface area contributed by atoms with Crippen molar-refractivity contribution in [3.8, 4) is 0 Å². The highest BCUT2D eigenvalue weighted by molar-refractivity contribution is 6.07. The van der Waals surface area contributed by atoms with E-state index in [1.54, 1.807) is 13.0 Å². The second kappa shape index (κ2) is 6.95. The number of aromatic nitrogens is 1. The summed E-state index contributed by atoms with van der Waals surface area (Å²) < 4.78 is 4.75. The van der Waals surface area contributed by atoms with Gasteiger partial charge in [0, 0.05) is 23.5 Å². The Bertz CT molecular complexity index is 810. The van der Waals surface area contributed by atoms with Gasteiger partial charge >= 0.3 is 5.97 Å². The van der Waals surface area contributed by atoms with E-state index in [4.69, 9.17) is 4.74 Å². The molecule has 126 valence electrons. The first-order chi connectivity index (χ1) is 11.4. The summed E-state index contributed by atoms with van der Waals surface area (Å²) in [6.07, 6.45) is 0.523. The fourth-order valence-electron chi connectivity index (χ4n) is 2.42. The molecule has 1 amide bonds. The lowest BCUT2D eigenvalue weighted by Crippen LogP contribution is -2.14. The Morgan fingerprint density at radius 2 is 2.08 bits per heavy atom. The number of hydrogen-bond acceptors (Lipinski definition) is 5. The normalized spacial score (nSPS) is 10.3. The van der Waals surface area contributed by atoms with Gasteiger partial charge in [0.15, 0.2) is 0 Å². The van der Waals surface area contributed by atoms with Gasteiger partial charge in [0.05, 0.1) is 17.6 Å². The number of esters is 1. The van der Waals surface area contributed by atoms with Crippen LogP contribution in [0.2, 0.25) is 0 Å². The topological polar surface area (TPSA) is 114 Å². The molecule has 0 aliphatic carbocycles. The molecule has 1 aromatic carbocycles. The highest BCUT2D eigenvalue weighted by atomic mass is 16.6. The number of aryl methyl sites for hydroxylation is 1. The van der Waals surface area contributed by atoms with Crippen LogP contribution in [0.1, 0.15) is 39.0 Å². The molecule has 0 saturated carbocycles. The van der Waals surface area contributed by atoms with Crippen molar-refractivity contribution in [1.29, 1.82) is 0 Å². The van der Waals surface area contributed by atoms with Gasteiger partial charge in [-0.2, -0.15) is 0 Å². The molecule has 0 unspecified atom stereocenters. The first-order valence-corrected chi connectivity index (χ1v) is 7.24. The average molecular weight is 331 g/mol. The fraction of sp³-hybridized carbons (Fsp3) is 0.250. The van der Waals surface area contributed by atoms with Crippen LogP contribution in [0.4, 0.5) is 11.4 Å². The molecule has 0 radical (unpaired) electrons. The maximum absolute atomic E-state index is 12.4. The molecular formula is C16H17N3O5. The van der Waals surface area contributed by atoms with E-state index in [0.29, 0.717) is 28.9 Å². The molecule has 0 bridgehead atoms. The summed E-state index contributed by atoms with van der Waals surface area (Å²) in [5.41, 5.74) is 1.80. The van der Waals surface area contributed by atoms with E-state index >= 15 is 0 Å². The number of carbonyl (C=O) groups is 2. The van der Waals surface area contributed by atoms with Crippen LogP contribution in [-0.4, -0.2) is 28.9 Å². The van der Waals surface area contributed by atoms with E-state index in [-0.39, 0.29) is 11.4 Å². The molecule has 0 saturated heterocycles. The summed E-state index contributed by atoms with van der Waals surface area (Å²) in [5.74, 6) is -1.01. The van der Waals surface area contributed by atoms with Crippen molar-refractivity contribution >= 4 is 23.3 Å². The third-order valence-corrected chi connectivity index (χ3v) is 3.61. The summed E-state index contributed by atoms with van der Waals surface area (Å²) in [5, 5.41) is 13.4. The number of H-pyrrole nitrogens is 1. The van der Waals surface area contributed by atoms with E-state index in [2.05, 4.69) is 10.3 Å². The number of nitro benzene ring substituents is 1. The molecule has 2 rings (SSSR count). The highest BCUT2D eigenvalue weighted by Gasteiger charge is 2.23. The van der Waals surface area contributed by atoms with Crippen LogP contribution in [-0.2, 0) is 11.2 Å². The monoisotopic (exact) mass is 331 g/mol. The van der Waals surface area contributed by atoms with Gasteiger partial charge in [-0.05, 0) is 25.0 Å². The smallest absolute Gasteiger partial charge is 0.339 e. The third-order valence-electron chi connectivity index (χ3n) is 3.61. The molecule has 0 fully saturated rings. The predicted octanol–water partition coefficient (Wildman–Crippen LogP) is 2.83. The number of carbonyl (C=O) groups excluding carboxylic acids is 2. The Labute approximate surface area is 138 Å². The van der Waals surface area contributed by atoms with Gasteiger partial charge in [0.25, 0.3) is 11.6 Å². The van der Waals surface area contributed by atoms with Gasteiger partial charge in [0.2, 0.25) is 0 Å². The summed E-state index contributed by atoms with van der Waals surface area (Å²) in [4.78, 5) is 37.5. The zero-order valence-corrected chi connectivity index (χ0v) is 13.5. The van der Waals surface area contributed by atoms with Gasteiger partial charge in [-0.1, -0.05) is 13.0 Å². The summed E-state index contributed by atoms with van der Waals surface area (Å²) in [6, 6.07) is 5.62. The van der Waals surface area contributed by atoms with Crippen molar-refractivity contribution in [3.63, 3.8) is 0 Å². The molecule has 0 aliphatic rings. The minimum atomic E-state index is -0.542. The van der Waals surface area contributed by atoms with Crippen LogP contribution in [0, 0.1) is 17.0 Å². The molecule has 2 N–H and O–H groups in total. The van der Waals surface area contributed by atoms with Crippen LogP contribution >= 0.6 is 0 Å². The maximum Gasteiger partial charge on any atom is 0.339 e. The van der Waals surface area contributed by atoms with Gasteiger partial charge < -0.3 is 15.0 Å². The van der Waals surface area contributed by atoms with E-state index in [1.165, 1.54) is 25.3 Å². The lowest BCUT2D eigenvalue weighted by molar-refractivity contribution is -0.384. The SMILES string of the molecule is CCc1[nH]c(C(=O)Nc2cccc([N+](=O)[O-])c2)c(C)c1C(=O)OC. The molecule has 1 heterocycles. The Morgan fingerprint density at radius 1 is 1.38 bits per heavy atom. The Balaban J connectivity index is 2.34. The van der Waals surface area contributed by atoms with Crippen molar-refractivity contribution in [2.24, 2.45) is 0 Å². The molecule has 8 heteroatoms. The number of hydrogen-bond donors (Lipinski definition) is 2. The second-order valence-electron chi connectivity index (χ2n) is 5.09. The number of non-ortho nitro benzene ring substituents is 1. The Kier molecular flexibility index (Phi) is 4.98. The lowest BCUT2D eigenvalue weighted by atomic mass is 10.1. The van der Waals surface area contributed by atoms with E-state index in [1.807, 2.05) is 6.92 Å². The number of rotatable bonds is 5. The second-order valence-corrected chi connectivity index (χ2v) is 5.09. The quantitative estimate of drug-likeness (QED) is 0.497. The molecule has 0 spiro atoms. The highest BCUT2D eigenvalue weighted by Crippen LogP contribution is 2.22. The Morgan fingerprint density at radius 3 is 2.67 bits per heavy atom. The zero-order valence-electron chi connectivity index (χ0n) is 13.5. The summed E-state index contributed by atoms with van der Waals surface area (Å²) >= 11 is 0. The number of anilines is 1. The predicted molar refractivity (Wildman–Crippen MR) is 87.3 cm³/mol. The number of nitrogens with zero attached hydrogens (tertiary/aromatic N) is 1. The number of ether oxygens (including phenoxy) is 1. The van der Waals surface area contributed by atoms with Crippen molar-refractivity contribution in [1.82, 2.24) is 4.98 Å². The number of methoxy groups -OCH3 is 1. The maximum atomic E-state index is 12.4. The zero-order chi connectivity index (χ0) is 17.9. The standard InChI is InChI=1S/C16H17N3O5/c1-4-12-13(16(21)24-3)9(2)14(18-12)15(20)17-10-6-5-7-11(8-10)19(22)23/h5-8,18H,4H2,1-3H3,(H,17,20). The third kappa shape index (κ3) is 3.27. The number of nitro groups is 1. The Hall–Kier alpha value is -3.16. The van der Waals surface area contributed by atoms with Gasteiger partial charge in [0.1, 0.15) is 5.69 Å². The minimum absolute atomic E-state index is 0.125. The number of amides is 1. The van der Waals surface area contributed by atoms with Crippen LogP contribution in [0.3, 0.4) is 0 Å². The van der Waals surface area contributed by atoms with Crippen molar-refractivity contribution in [3.05, 3.63) is 56.9 Å². The van der Waals surface area contributed by atoms with E-state index in [9.17, 15) is 19.7 Å².